The lowest BCUT2D eigenvalue weighted by Crippen LogP contribution is -2.02. The fourth-order valence-corrected chi connectivity index (χ4v) is 0.683. The summed E-state index contributed by atoms with van der Waals surface area (Å²) < 4.78 is 0. The van der Waals surface area contributed by atoms with Crippen molar-refractivity contribution in [3.8, 4) is 6.07 Å². The molecule has 0 radical (unpaired) electrons. The van der Waals surface area contributed by atoms with E-state index in [9.17, 15) is 0 Å². The number of hydrogen-bond donors (Lipinski definition) is 0. The maximum atomic E-state index is 8.28. The first-order chi connectivity index (χ1) is 4.83. The van der Waals surface area contributed by atoms with E-state index >= 15 is 0 Å². The zero-order valence-corrected chi connectivity index (χ0v) is 5.78. The van der Waals surface area contributed by atoms with Gasteiger partial charge in [0.25, 0.3) is 0 Å². The largest absolute Gasteiger partial charge is 0.357 e. The van der Waals surface area contributed by atoms with Crippen molar-refractivity contribution in [2.45, 2.75) is 0 Å². The molecule has 1 aliphatic heterocycles. The molecule has 0 atom stereocenters. The third-order valence-corrected chi connectivity index (χ3v) is 1.24. The molecule has 1 aliphatic rings. The van der Waals surface area contributed by atoms with Gasteiger partial charge in [-0.15, -0.1) is 0 Å². The first-order valence-corrected chi connectivity index (χ1v) is 3.01. The van der Waals surface area contributed by atoms with Gasteiger partial charge in [-0.2, -0.15) is 5.26 Å². The SMILES string of the molecule is CN1C=CC(=CC#N)C=C1. The first-order valence-electron chi connectivity index (χ1n) is 3.01. The van der Waals surface area contributed by atoms with E-state index in [-0.39, 0.29) is 0 Å². The highest BCUT2D eigenvalue weighted by Crippen LogP contribution is 2.05. The normalized spacial score (nSPS) is 15.2. The predicted octanol–water partition coefficient (Wildman–Crippen LogP) is 1.41. The molecule has 50 valence electrons. The number of nitriles is 1. The molecule has 2 heteroatoms. The summed E-state index contributed by atoms with van der Waals surface area (Å²) in [6.45, 7) is 0. The lowest BCUT2D eigenvalue weighted by Gasteiger charge is -2.10. The van der Waals surface area contributed by atoms with Crippen LogP contribution in [0.2, 0.25) is 0 Å². The summed E-state index contributed by atoms with van der Waals surface area (Å²) >= 11 is 0. The molecule has 0 saturated heterocycles. The summed E-state index contributed by atoms with van der Waals surface area (Å²) in [6, 6.07) is 1.97. The highest BCUT2D eigenvalue weighted by Gasteiger charge is 1.92. The van der Waals surface area contributed by atoms with Gasteiger partial charge in [-0.05, 0) is 17.7 Å². The van der Waals surface area contributed by atoms with Crippen LogP contribution in [0.25, 0.3) is 0 Å². The van der Waals surface area contributed by atoms with Crippen LogP contribution < -0.4 is 0 Å². The summed E-state index contributed by atoms with van der Waals surface area (Å²) in [5.74, 6) is 0. The van der Waals surface area contributed by atoms with E-state index in [1.54, 1.807) is 0 Å². The van der Waals surface area contributed by atoms with Crippen LogP contribution in [-0.2, 0) is 0 Å². The van der Waals surface area contributed by atoms with Gasteiger partial charge in [0.15, 0.2) is 0 Å². The molecule has 0 unspecified atom stereocenters. The molecular weight excluding hydrogens is 124 g/mol. The second-order valence-electron chi connectivity index (χ2n) is 2.07. The van der Waals surface area contributed by atoms with Crippen LogP contribution in [-0.4, -0.2) is 11.9 Å². The Labute approximate surface area is 60.4 Å². The zero-order valence-electron chi connectivity index (χ0n) is 5.78. The highest BCUT2D eigenvalue weighted by molar-refractivity contribution is 5.36. The van der Waals surface area contributed by atoms with Gasteiger partial charge in [-0.25, -0.2) is 0 Å². The number of allylic oxidation sites excluding steroid dienone is 4. The standard InChI is InChI=1S/C8H8N2/c1-10-6-3-8(2-5-9)4-7-10/h2-4,6-7H,1H3. The average molecular weight is 132 g/mol. The summed E-state index contributed by atoms with van der Waals surface area (Å²) in [6.07, 6.45) is 9.11. The van der Waals surface area contributed by atoms with E-state index in [4.69, 9.17) is 5.26 Å². The number of nitrogens with zero attached hydrogens (tertiary/aromatic N) is 2. The molecule has 0 fully saturated rings. The molecule has 10 heavy (non-hydrogen) atoms. The van der Waals surface area contributed by atoms with Crippen LogP contribution in [0.5, 0.6) is 0 Å². The van der Waals surface area contributed by atoms with E-state index in [2.05, 4.69) is 0 Å². The summed E-state index contributed by atoms with van der Waals surface area (Å²) in [5, 5.41) is 8.28. The minimum atomic E-state index is 0.945. The molecule has 0 amide bonds. The van der Waals surface area contributed by atoms with E-state index < -0.39 is 0 Å². The summed E-state index contributed by atoms with van der Waals surface area (Å²) in [5.41, 5.74) is 0.945. The third kappa shape index (κ3) is 1.49. The first kappa shape index (κ1) is 6.63. The van der Waals surface area contributed by atoms with E-state index in [0.717, 1.165) is 5.57 Å². The van der Waals surface area contributed by atoms with Gasteiger partial charge >= 0.3 is 0 Å². The lowest BCUT2D eigenvalue weighted by molar-refractivity contribution is 0.620. The summed E-state index contributed by atoms with van der Waals surface area (Å²) in [4.78, 5) is 1.93. The van der Waals surface area contributed by atoms with Crippen molar-refractivity contribution in [1.82, 2.24) is 4.90 Å². The molecule has 0 saturated carbocycles. The monoisotopic (exact) mass is 132 g/mol. The Hall–Kier alpha value is -1.49. The molecule has 0 N–H and O–H groups in total. The van der Waals surface area contributed by atoms with Crippen LogP contribution in [0.4, 0.5) is 0 Å². The van der Waals surface area contributed by atoms with Crippen molar-refractivity contribution in [2.75, 3.05) is 7.05 Å². The van der Waals surface area contributed by atoms with Gasteiger partial charge in [-0.1, -0.05) is 0 Å². The molecule has 2 nitrogen and oxygen atoms in total. The Morgan fingerprint density at radius 3 is 2.60 bits per heavy atom. The number of hydrogen-bond acceptors (Lipinski definition) is 2. The Kier molecular flexibility index (Phi) is 1.91. The van der Waals surface area contributed by atoms with Crippen molar-refractivity contribution in [2.24, 2.45) is 0 Å². The second kappa shape index (κ2) is 2.88. The fraction of sp³-hybridized carbons (Fsp3) is 0.125. The Morgan fingerprint density at radius 1 is 1.50 bits per heavy atom. The van der Waals surface area contributed by atoms with E-state index in [1.165, 1.54) is 6.08 Å². The van der Waals surface area contributed by atoms with Crippen molar-refractivity contribution in [3.63, 3.8) is 0 Å². The van der Waals surface area contributed by atoms with Crippen molar-refractivity contribution in [3.05, 3.63) is 36.2 Å². The Bertz CT molecular complexity index is 224. The van der Waals surface area contributed by atoms with Crippen molar-refractivity contribution < 1.29 is 0 Å². The molecule has 0 aromatic rings. The summed E-state index contributed by atoms with van der Waals surface area (Å²) in [7, 11) is 1.94. The molecule has 0 bridgehead atoms. The molecular formula is C8H8N2. The van der Waals surface area contributed by atoms with Gasteiger partial charge < -0.3 is 4.90 Å². The quantitative estimate of drug-likeness (QED) is 0.466. The van der Waals surface area contributed by atoms with Crippen LogP contribution in [0.1, 0.15) is 0 Å². The van der Waals surface area contributed by atoms with Crippen LogP contribution in [0.15, 0.2) is 36.2 Å². The van der Waals surface area contributed by atoms with Crippen molar-refractivity contribution >= 4 is 0 Å². The van der Waals surface area contributed by atoms with E-state index in [0.29, 0.717) is 0 Å². The van der Waals surface area contributed by atoms with Gasteiger partial charge in [0.05, 0.1) is 6.07 Å². The molecule has 1 rings (SSSR count). The molecule has 0 aromatic heterocycles. The second-order valence-corrected chi connectivity index (χ2v) is 2.07. The molecule has 0 aliphatic carbocycles. The van der Waals surface area contributed by atoms with E-state index in [1.807, 2.05) is 42.6 Å². The van der Waals surface area contributed by atoms with Gasteiger partial charge in [0, 0.05) is 25.5 Å². The predicted molar refractivity (Wildman–Crippen MR) is 39.7 cm³/mol. The van der Waals surface area contributed by atoms with Crippen molar-refractivity contribution in [1.29, 1.82) is 5.26 Å². The fourth-order valence-electron chi connectivity index (χ4n) is 0.683. The number of rotatable bonds is 0. The maximum absolute atomic E-state index is 8.28. The average Bonchev–Trinajstić information content (AvgIpc) is 1.95. The lowest BCUT2D eigenvalue weighted by atomic mass is 10.2. The van der Waals surface area contributed by atoms with Gasteiger partial charge in [0.2, 0.25) is 0 Å². The van der Waals surface area contributed by atoms with Crippen LogP contribution >= 0.6 is 0 Å². The maximum Gasteiger partial charge on any atom is 0.0918 e. The minimum Gasteiger partial charge on any atom is -0.357 e. The van der Waals surface area contributed by atoms with Crippen LogP contribution in [0, 0.1) is 11.3 Å². The third-order valence-electron chi connectivity index (χ3n) is 1.24. The van der Waals surface area contributed by atoms with Gasteiger partial charge in [-0.3, -0.25) is 0 Å². The Morgan fingerprint density at radius 2 is 2.10 bits per heavy atom. The molecule has 0 spiro atoms. The molecule has 1 heterocycles. The van der Waals surface area contributed by atoms with Gasteiger partial charge in [0.1, 0.15) is 0 Å². The zero-order chi connectivity index (χ0) is 7.40. The van der Waals surface area contributed by atoms with Crippen LogP contribution in [0.3, 0.4) is 0 Å². The minimum absolute atomic E-state index is 0.945. The topological polar surface area (TPSA) is 27.0 Å². The Balaban J connectivity index is 2.73. The highest BCUT2D eigenvalue weighted by atomic mass is 15.0. The smallest absolute Gasteiger partial charge is 0.0918 e. The molecule has 0 aromatic carbocycles.